The first kappa shape index (κ1) is 11.6. The molecule has 0 radical (unpaired) electrons. The van der Waals surface area contributed by atoms with E-state index in [2.05, 4.69) is 20.4 Å². The molecule has 0 unspecified atom stereocenters. The summed E-state index contributed by atoms with van der Waals surface area (Å²) in [7, 11) is 0. The first-order chi connectivity index (χ1) is 8.74. The van der Waals surface area contributed by atoms with E-state index >= 15 is 0 Å². The first-order valence-corrected chi connectivity index (χ1v) is 5.98. The van der Waals surface area contributed by atoms with Gasteiger partial charge in [0.05, 0.1) is 17.2 Å². The van der Waals surface area contributed by atoms with Crippen molar-refractivity contribution in [2.75, 3.05) is 6.54 Å². The monoisotopic (exact) mass is 266 g/mol. The Labute approximate surface area is 108 Å². The molecule has 1 aliphatic heterocycles. The molecule has 0 amide bonds. The molecule has 2 aromatic heterocycles. The van der Waals surface area contributed by atoms with Gasteiger partial charge in [0.25, 0.3) is 0 Å². The van der Waals surface area contributed by atoms with Gasteiger partial charge >= 0.3 is 0 Å². The van der Waals surface area contributed by atoms with E-state index in [0.717, 1.165) is 0 Å². The molecular weight excluding hydrogens is 256 g/mol. The standard InChI is InChI=1S/C11H11ClN4O2/c12-7-2-1-3-13-9(7)10-15-11(18-16-10)8-4-6(17)5-14-8/h1-3,6,8,14,17H,4-5H2/t6-,8-/m1/s1. The summed E-state index contributed by atoms with van der Waals surface area (Å²) < 4.78 is 5.17. The number of β-amino-alcohol motifs (C(OH)–C–C–N with tert-alkyl or cyclic N) is 1. The van der Waals surface area contributed by atoms with Crippen LogP contribution < -0.4 is 5.32 Å². The summed E-state index contributed by atoms with van der Waals surface area (Å²) in [5.74, 6) is 0.807. The van der Waals surface area contributed by atoms with E-state index in [1.165, 1.54) is 0 Å². The Morgan fingerprint density at radius 3 is 3.11 bits per heavy atom. The highest BCUT2D eigenvalue weighted by molar-refractivity contribution is 6.32. The van der Waals surface area contributed by atoms with Gasteiger partial charge < -0.3 is 14.9 Å². The minimum absolute atomic E-state index is 0.108. The van der Waals surface area contributed by atoms with Gasteiger partial charge in [-0.15, -0.1) is 0 Å². The van der Waals surface area contributed by atoms with Gasteiger partial charge in [0.15, 0.2) is 0 Å². The number of aliphatic hydroxyl groups is 1. The topological polar surface area (TPSA) is 84.1 Å². The second-order valence-electron chi connectivity index (χ2n) is 4.14. The van der Waals surface area contributed by atoms with Crippen LogP contribution in [0.5, 0.6) is 0 Å². The van der Waals surface area contributed by atoms with E-state index in [0.29, 0.717) is 35.4 Å². The molecular formula is C11H11ClN4O2. The molecule has 0 aromatic carbocycles. The van der Waals surface area contributed by atoms with Crippen molar-refractivity contribution in [2.24, 2.45) is 0 Å². The third-order valence-electron chi connectivity index (χ3n) is 2.82. The van der Waals surface area contributed by atoms with E-state index in [1.807, 2.05) is 0 Å². The summed E-state index contributed by atoms with van der Waals surface area (Å²) in [5.41, 5.74) is 0.493. The van der Waals surface area contributed by atoms with Crippen LogP contribution in [0.25, 0.3) is 11.5 Å². The number of nitrogens with zero attached hydrogens (tertiary/aromatic N) is 3. The number of hydrogen-bond donors (Lipinski definition) is 2. The smallest absolute Gasteiger partial charge is 0.244 e. The van der Waals surface area contributed by atoms with Crippen LogP contribution in [0, 0.1) is 0 Å². The maximum Gasteiger partial charge on any atom is 0.244 e. The van der Waals surface area contributed by atoms with Gasteiger partial charge in [-0.2, -0.15) is 4.98 Å². The summed E-state index contributed by atoms with van der Waals surface area (Å²) in [6.07, 6.45) is 1.82. The summed E-state index contributed by atoms with van der Waals surface area (Å²) in [5, 5.41) is 16.9. The molecule has 0 spiro atoms. The van der Waals surface area contributed by atoms with Crippen LogP contribution in [0.2, 0.25) is 5.02 Å². The maximum absolute atomic E-state index is 9.44. The molecule has 2 atom stereocenters. The van der Waals surface area contributed by atoms with Gasteiger partial charge in [0.1, 0.15) is 5.69 Å². The maximum atomic E-state index is 9.44. The fourth-order valence-electron chi connectivity index (χ4n) is 1.93. The lowest BCUT2D eigenvalue weighted by atomic mass is 10.2. The number of pyridine rings is 1. The molecule has 0 bridgehead atoms. The SMILES string of the molecule is O[C@H]1CN[C@@H](c2nc(-c3ncccc3Cl)no2)C1. The van der Waals surface area contributed by atoms with E-state index in [-0.39, 0.29) is 12.1 Å². The Kier molecular flexibility index (Phi) is 2.99. The zero-order chi connectivity index (χ0) is 12.5. The van der Waals surface area contributed by atoms with E-state index in [1.54, 1.807) is 18.3 Å². The predicted molar refractivity (Wildman–Crippen MR) is 63.9 cm³/mol. The summed E-state index contributed by atoms with van der Waals surface area (Å²) in [4.78, 5) is 8.38. The molecule has 94 valence electrons. The highest BCUT2D eigenvalue weighted by atomic mass is 35.5. The Balaban J connectivity index is 1.88. The van der Waals surface area contributed by atoms with Gasteiger partial charge in [-0.25, -0.2) is 0 Å². The Morgan fingerprint density at radius 2 is 2.39 bits per heavy atom. The summed E-state index contributed by atoms with van der Waals surface area (Å²) in [6.45, 7) is 0.534. The van der Waals surface area contributed by atoms with Gasteiger partial charge in [0.2, 0.25) is 11.7 Å². The number of nitrogens with one attached hydrogen (secondary N) is 1. The van der Waals surface area contributed by atoms with Gasteiger partial charge in [-0.05, 0) is 18.6 Å². The average molecular weight is 267 g/mol. The minimum Gasteiger partial charge on any atom is -0.392 e. The third-order valence-corrected chi connectivity index (χ3v) is 3.12. The molecule has 1 aliphatic rings. The Bertz CT molecular complexity index is 559. The van der Waals surface area contributed by atoms with Crippen molar-refractivity contribution in [1.82, 2.24) is 20.4 Å². The largest absolute Gasteiger partial charge is 0.392 e. The number of halogens is 1. The second-order valence-corrected chi connectivity index (χ2v) is 4.55. The van der Waals surface area contributed by atoms with Crippen LogP contribution in [0.1, 0.15) is 18.4 Å². The normalized spacial score (nSPS) is 23.4. The third kappa shape index (κ3) is 2.10. The van der Waals surface area contributed by atoms with Gasteiger partial charge in [-0.1, -0.05) is 16.8 Å². The van der Waals surface area contributed by atoms with Crippen LogP contribution in [0.3, 0.4) is 0 Å². The van der Waals surface area contributed by atoms with Gasteiger partial charge in [0, 0.05) is 12.7 Å². The van der Waals surface area contributed by atoms with E-state index < -0.39 is 0 Å². The molecule has 3 rings (SSSR count). The molecule has 1 fully saturated rings. The quantitative estimate of drug-likeness (QED) is 0.849. The van der Waals surface area contributed by atoms with E-state index in [4.69, 9.17) is 16.1 Å². The molecule has 6 nitrogen and oxygen atoms in total. The Hall–Kier alpha value is -1.50. The number of aliphatic hydroxyl groups excluding tert-OH is 1. The van der Waals surface area contributed by atoms with Crippen molar-refractivity contribution in [1.29, 1.82) is 0 Å². The molecule has 0 saturated carbocycles. The number of aromatic nitrogens is 3. The molecule has 18 heavy (non-hydrogen) atoms. The molecule has 1 saturated heterocycles. The van der Waals surface area contributed by atoms with Crippen LogP contribution in [0.15, 0.2) is 22.9 Å². The van der Waals surface area contributed by atoms with Crippen LogP contribution >= 0.6 is 11.6 Å². The minimum atomic E-state index is -0.371. The van der Waals surface area contributed by atoms with Gasteiger partial charge in [-0.3, -0.25) is 4.98 Å². The van der Waals surface area contributed by atoms with Crippen molar-refractivity contribution < 1.29 is 9.63 Å². The number of rotatable bonds is 2. The highest BCUT2D eigenvalue weighted by Gasteiger charge is 2.28. The highest BCUT2D eigenvalue weighted by Crippen LogP contribution is 2.26. The molecule has 3 heterocycles. The fraction of sp³-hybridized carbons (Fsp3) is 0.364. The lowest BCUT2D eigenvalue weighted by molar-refractivity contribution is 0.191. The first-order valence-electron chi connectivity index (χ1n) is 5.60. The zero-order valence-corrected chi connectivity index (χ0v) is 10.1. The number of hydrogen-bond acceptors (Lipinski definition) is 6. The lowest BCUT2D eigenvalue weighted by Crippen LogP contribution is -2.15. The molecule has 7 heteroatoms. The Morgan fingerprint density at radius 1 is 1.50 bits per heavy atom. The van der Waals surface area contributed by atoms with Crippen LogP contribution in [0.4, 0.5) is 0 Å². The van der Waals surface area contributed by atoms with Crippen molar-refractivity contribution in [3.8, 4) is 11.5 Å². The predicted octanol–water partition coefficient (Wildman–Crippen LogP) is 1.18. The van der Waals surface area contributed by atoms with Crippen molar-refractivity contribution >= 4 is 11.6 Å². The lowest BCUT2D eigenvalue weighted by Gasteiger charge is -2.01. The van der Waals surface area contributed by atoms with Crippen LogP contribution in [-0.2, 0) is 0 Å². The van der Waals surface area contributed by atoms with Crippen LogP contribution in [-0.4, -0.2) is 32.9 Å². The molecule has 2 aromatic rings. The van der Waals surface area contributed by atoms with E-state index in [9.17, 15) is 5.11 Å². The molecule has 0 aliphatic carbocycles. The average Bonchev–Trinajstić information content (AvgIpc) is 2.98. The van der Waals surface area contributed by atoms with Crippen molar-refractivity contribution in [2.45, 2.75) is 18.6 Å². The van der Waals surface area contributed by atoms with Crippen molar-refractivity contribution in [3.05, 3.63) is 29.2 Å². The fourth-order valence-corrected chi connectivity index (χ4v) is 2.13. The summed E-state index contributed by atoms with van der Waals surface area (Å²) >= 11 is 6.01. The zero-order valence-electron chi connectivity index (χ0n) is 9.38. The summed E-state index contributed by atoms with van der Waals surface area (Å²) in [6, 6.07) is 3.35. The second kappa shape index (κ2) is 4.64. The van der Waals surface area contributed by atoms with Crippen molar-refractivity contribution in [3.63, 3.8) is 0 Å². The molecule has 2 N–H and O–H groups in total.